The molecule has 0 aliphatic rings. The number of rotatable bonds is 5. The molecule has 1 aromatic carbocycles. The number of para-hydroxylation sites is 1. The first-order chi connectivity index (χ1) is 12.3. The van der Waals surface area contributed by atoms with E-state index in [0.717, 1.165) is 16.5 Å². The van der Waals surface area contributed by atoms with E-state index in [4.69, 9.17) is 0 Å². The van der Waals surface area contributed by atoms with Gasteiger partial charge in [0.15, 0.2) is 5.82 Å². The Bertz CT molecular complexity index is 1000. The van der Waals surface area contributed by atoms with Crippen molar-refractivity contribution in [3.05, 3.63) is 66.9 Å². The lowest BCUT2D eigenvalue weighted by molar-refractivity contribution is -0.121. The molecule has 7 nitrogen and oxygen atoms in total. The quantitative estimate of drug-likeness (QED) is 0.586. The minimum Gasteiger partial charge on any atom is -0.347 e. The summed E-state index contributed by atoms with van der Waals surface area (Å²) in [5.74, 6) is 1.11. The smallest absolute Gasteiger partial charge is 0.240 e. The highest BCUT2D eigenvalue weighted by Crippen LogP contribution is 2.15. The van der Waals surface area contributed by atoms with E-state index in [1.54, 1.807) is 12.4 Å². The number of nitrogens with one attached hydrogen (secondary N) is 2. The first-order valence-electron chi connectivity index (χ1n) is 7.92. The number of H-pyrrole nitrogens is 1. The number of aromatic nitrogens is 5. The van der Waals surface area contributed by atoms with Gasteiger partial charge >= 0.3 is 0 Å². The third-order valence-corrected chi connectivity index (χ3v) is 3.92. The predicted octanol–water partition coefficient (Wildman–Crippen LogP) is 2.14. The number of benzene rings is 1. The summed E-state index contributed by atoms with van der Waals surface area (Å²) in [7, 11) is 0. The average molecular weight is 332 g/mol. The maximum absolute atomic E-state index is 12.2. The molecule has 7 heteroatoms. The molecule has 0 radical (unpaired) electrons. The maximum atomic E-state index is 12.2. The summed E-state index contributed by atoms with van der Waals surface area (Å²) in [6.07, 6.45) is 5.29. The third kappa shape index (κ3) is 3.25. The zero-order valence-electron chi connectivity index (χ0n) is 13.4. The van der Waals surface area contributed by atoms with Gasteiger partial charge in [-0.05, 0) is 29.7 Å². The number of carbonyl (C=O) groups is 1. The Hall–Kier alpha value is -3.48. The molecule has 4 rings (SSSR count). The van der Waals surface area contributed by atoms with Gasteiger partial charge in [-0.3, -0.25) is 14.9 Å². The largest absolute Gasteiger partial charge is 0.347 e. The lowest BCUT2D eigenvalue weighted by Gasteiger charge is -2.06. The van der Waals surface area contributed by atoms with E-state index in [2.05, 4.69) is 25.5 Å². The van der Waals surface area contributed by atoms with Crippen molar-refractivity contribution in [2.24, 2.45) is 0 Å². The van der Waals surface area contributed by atoms with Crippen molar-refractivity contribution in [3.8, 4) is 11.4 Å². The van der Waals surface area contributed by atoms with Crippen LogP contribution in [0.2, 0.25) is 0 Å². The zero-order valence-corrected chi connectivity index (χ0v) is 13.4. The Morgan fingerprint density at radius 2 is 1.96 bits per heavy atom. The second-order valence-electron chi connectivity index (χ2n) is 5.62. The Balaban J connectivity index is 1.38. The number of amides is 1. The van der Waals surface area contributed by atoms with Crippen molar-refractivity contribution >= 4 is 16.8 Å². The summed E-state index contributed by atoms with van der Waals surface area (Å²) < 4.78 is 1.92. The van der Waals surface area contributed by atoms with Crippen LogP contribution in [0, 0.1) is 0 Å². The topological polar surface area (TPSA) is 88.5 Å². The summed E-state index contributed by atoms with van der Waals surface area (Å²) in [5.41, 5.74) is 1.92. The van der Waals surface area contributed by atoms with Gasteiger partial charge in [-0.2, -0.15) is 5.10 Å². The summed E-state index contributed by atoms with van der Waals surface area (Å²) >= 11 is 0. The van der Waals surface area contributed by atoms with Gasteiger partial charge < -0.3 is 9.88 Å². The van der Waals surface area contributed by atoms with Crippen molar-refractivity contribution < 1.29 is 4.79 Å². The number of nitrogens with zero attached hydrogens (tertiary/aromatic N) is 4. The molecule has 0 bridgehead atoms. The average Bonchev–Trinajstić information content (AvgIpc) is 3.28. The summed E-state index contributed by atoms with van der Waals surface area (Å²) in [5, 5.41) is 11.0. The fraction of sp³-hybridized carbons (Fsp3) is 0.111. The van der Waals surface area contributed by atoms with Gasteiger partial charge in [0.1, 0.15) is 12.4 Å². The summed E-state index contributed by atoms with van der Waals surface area (Å²) in [6.45, 7) is 0.564. The standard InChI is InChI=1S/C18H16N6O/c25-17(12-24-10-7-13-3-1-2-4-15(13)24)20-11-16-21-18(23-22-16)14-5-8-19-9-6-14/h1-10H,11-12H2,(H,20,25)(H,21,22,23). The van der Waals surface area contributed by atoms with E-state index in [1.165, 1.54) is 0 Å². The fourth-order valence-corrected chi connectivity index (χ4v) is 2.68. The van der Waals surface area contributed by atoms with Crippen molar-refractivity contribution in [3.63, 3.8) is 0 Å². The van der Waals surface area contributed by atoms with Gasteiger partial charge in [-0.15, -0.1) is 0 Å². The van der Waals surface area contributed by atoms with Crippen LogP contribution in [0.4, 0.5) is 0 Å². The van der Waals surface area contributed by atoms with Crippen LogP contribution in [-0.4, -0.2) is 30.6 Å². The Morgan fingerprint density at radius 3 is 2.84 bits per heavy atom. The van der Waals surface area contributed by atoms with E-state index in [-0.39, 0.29) is 12.5 Å². The number of hydrogen-bond acceptors (Lipinski definition) is 4. The second-order valence-corrected chi connectivity index (χ2v) is 5.62. The Labute approximate surface area is 143 Å². The number of carbonyl (C=O) groups excluding carboxylic acids is 1. The first-order valence-corrected chi connectivity index (χ1v) is 7.92. The molecule has 0 fully saturated rings. The SMILES string of the molecule is O=C(Cn1ccc2ccccc21)NCc1nc(-c2ccncc2)n[nH]1. The van der Waals surface area contributed by atoms with Crippen LogP contribution >= 0.6 is 0 Å². The minimum atomic E-state index is -0.0804. The zero-order chi connectivity index (χ0) is 17.1. The van der Waals surface area contributed by atoms with Gasteiger partial charge in [-0.25, -0.2) is 4.98 Å². The van der Waals surface area contributed by atoms with Gasteiger partial charge in [0, 0.05) is 29.7 Å². The number of pyridine rings is 1. The Kier molecular flexibility index (Phi) is 3.96. The molecule has 25 heavy (non-hydrogen) atoms. The van der Waals surface area contributed by atoms with Crippen molar-refractivity contribution in [1.29, 1.82) is 0 Å². The number of aromatic amines is 1. The fourth-order valence-electron chi connectivity index (χ4n) is 2.68. The highest BCUT2D eigenvalue weighted by atomic mass is 16.1. The van der Waals surface area contributed by atoms with Gasteiger partial charge in [0.25, 0.3) is 0 Å². The second kappa shape index (κ2) is 6.56. The van der Waals surface area contributed by atoms with Gasteiger partial charge in [0.05, 0.1) is 6.54 Å². The molecule has 0 atom stereocenters. The van der Waals surface area contributed by atoms with Crippen molar-refractivity contribution in [1.82, 2.24) is 30.0 Å². The molecular weight excluding hydrogens is 316 g/mol. The Morgan fingerprint density at radius 1 is 1.12 bits per heavy atom. The van der Waals surface area contributed by atoms with Gasteiger partial charge in [-0.1, -0.05) is 18.2 Å². The maximum Gasteiger partial charge on any atom is 0.240 e. The minimum absolute atomic E-state index is 0.0804. The molecule has 124 valence electrons. The molecule has 0 unspecified atom stereocenters. The summed E-state index contributed by atoms with van der Waals surface area (Å²) in [6, 6.07) is 13.6. The molecule has 2 N–H and O–H groups in total. The lowest BCUT2D eigenvalue weighted by Crippen LogP contribution is -2.27. The van der Waals surface area contributed by atoms with Crippen LogP contribution < -0.4 is 5.32 Å². The van der Waals surface area contributed by atoms with E-state index in [9.17, 15) is 4.79 Å². The van der Waals surface area contributed by atoms with Crippen LogP contribution in [0.1, 0.15) is 5.82 Å². The molecule has 3 aromatic heterocycles. The van der Waals surface area contributed by atoms with E-state index >= 15 is 0 Å². The molecule has 0 saturated carbocycles. The van der Waals surface area contributed by atoms with Crippen molar-refractivity contribution in [2.45, 2.75) is 13.1 Å². The monoisotopic (exact) mass is 332 g/mol. The molecular formula is C18H16N6O. The van der Waals surface area contributed by atoms with E-state index < -0.39 is 0 Å². The first kappa shape index (κ1) is 15.1. The summed E-state index contributed by atoms with van der Waals surface area (Å²) in [4.78, 5) is 20.6. The number of fused-ring (bicyclic) bond motifs is 1. The van der Waals surface area contributed by atoms with Gasteiger partial charge in [0.2, 0.25) is 5.91 Å². The van der Waals surface area contributed by atoms with Crippen LogP contribution in [0.15, 0.2) is 61.1 Å². The number of hydrogen-bond donors (Lipinski definition) is 2. The van der Waals surface area contributed by atoms with E-state index in [0.29, 0.717) is 18.2 Å². The molecule has 1 amide bonds. The highest BCUT2D eigenvalue weighted by Gasteiger charge is 2.09. The molecule has 0 aliphatic carbocycles. The molecule has 0 spiro atoms. The third-order valence-electron chi connectivity index (χ3n) is 3.92. The van der Waals surface area contributed by atoms with E-state index in [1.807, 2.05) is 53.2 Å². The van der Waals surface area contributed by atoms with Crippen LogP contribution in [0.25, 0.3) is 22.3 Å². The molecule has 3 heterocycles. The predicted molar refractivity (Wildman–Crippen MR) is 93.4 cm³/mol. The normalized spacial score (nSPS) is 10.9. The van der Waals surface area contributed by atoms with Crippen molar-refractivity contribution in [2.75, 3.05) is 0 Å². The van der Waals surface area contributed by atoms with Crippen LogP contribution in [-0.2, 0) is 17.9 Å². The lowest BCUT2D eigenvalue weighted by atomic mass is 10.2. The molecule has 4 aromatic rings. The van der Waals surface area contributed by atoms with Crippen LogP contribution in [0.5, 0.6) is 0 Å². The highest BCUT2D eigenvalue weighted by molar-refractivity contribution is 5.83. The molecule has 0 saturated heterocycles. The van der Waals surface area contributed by atoms with Crippen LogP contribution in [0.3, 0.4) is 0 Å². The molecule has 0 aliphatic heterocycles.